The SMILES string of the molecule is Cc1cc(F)cc(Nc2ccc(C#N)cc2Br)c1. The Morgan fingerprint density at radius 3 is 2.61 bits per heavy atom. The highest BCUT2D eigenvalue weighted by Gasteiger charge is 2.03. The molecular weight excluding hydrogens is 295 g/mol. The summed E-state index contributed by atoms with van der Waals surface area (Å²) in [5.41, 5.74) is 2.89. The average molecular weight is 305 g/mol. The Hall–Kier alpha value is -1.86. The van der Waals surface area contributed by atoms with E-state index in [4.69, 9.17) is 5.26 Å². The number of nitrogens with one attached hydrogen (secondary N) is 1. The van der Waals surface area contributed by atoms with Gasteiger partial charge in [-0.3, -0.25) is 0 Å². The predicted molar refractivity (Wildman–Crippen MR) is 73.3 cm³/mol. The van der Waals surface area contributed by atoms with Crippen molar-refractivity contribution in [3.05, 3.63) is 57.8 Å². The molecule has 0 atom stereocenters. The van der Waals surface area contributed by atoms with Crippen molar-refractivity contribution in [2.75, 3.05) is 5.32 Å². The standard InChI is InChI=1S/C14H10BrFN2/c1-9-4-11(16)7-12(5-9)18-14-3-2-10(8-17)6-13(14)15/h2-7,18H,1H3. The second kappa shape index (κ2) is 5.19. The maximum absolute atomic E-state index is 13.3. The molecule has 0 saturated carbocycles. The van der Waals surface area contributed by atoms with Gasteiger partial charge < -0.3 is 5.32 Å². The van der Waals surface area contributed by atoms with Crippen LogP contribution in [0.15, 0.2) is 40.9 Å². The Kier molecular flexibility index (Phi) is 3.63. The Bertz CT molecular complexity index is 612. The first-order valence-electron chi connectivity index (χ1n) is 5.32. The van der Waals surface area contributed by atoms with E-state index in [9.17, 15) is 4.39 Å². The molecule has 90 valence electrons. The second-order valence-electron chi connectivity index (χ2n) is 3.95. The van der Waals surface area contributed by atoms with E-state index < -0.39 is 0 Å². The van der Waals surface area contributed by atoms with Crippen LogP contribution in [0, 0.1) is 24.1 Å². The van der Waals surface area contributed by atoms with Crippen LogP contribution < -0.4 is 5.32 Å². The van der Waals surface area contributed by atoms with Crippen LogP contribution >= 0.6 is 15.9 Å². The van der Waals surface area contributed by atoms with Crippen molar-refractivity contribution >= 4 is 27.3 Å². The molecule has 1 N–H and O–H groups in total. The van der Waals surface area contributed by atoms with Gasteiger partial charge in [0, 0.05) is 10.2 Å². The normalized spacial score (nSPS) is 9.89. The summed E-state index contributed by atoms with van der Waals surface area (Å²) in [6.07, 6.45) is 0. The molecule has 0 saturated heterocycles. The van der Waals surface area contributed by atoms with Gasteiger partial charge >= 0.3 is 0 Å². The lowest BCUT2D eigenvalue weighted by Gasteiger charge is -2.09. The first-order valence-corrected chi connectivity index (χ1v) is 6.11. The molecule has 0 aliphatic carbocycles. The monoisotopic (exact) mass is 304 g/mol. The van der Waals surface area contributed by atoms with E-state index in [0.717, 1.165) is 15.7 Å². The van der Waals surface area contributed by atoms with Gasteiger partial charge in [0.05, 0.1) is 17.3 Å². The number of anilines is 2. The molecule has 18 heavy (non-hydrogen) atoms. The number of nitriles is 1. The first-order chi connectivity index (χ1) is 8.58. The Morgan fingerprint density at radius 2 is 2.00 bits per heavy atom. The highest BCUT2D eigenvalue weighted by atomic mass is 79.9. The molecule has 2 aromatic rings. The fourth-order valence-electron chi connectivity index (χ4n) is 1.65. The van der Waals surface area contributed by atoms with Crippen molar-refractivity contribution in [3.63, 3.8) is 0 Å². The maximum Gasteiger partial charge on any atom is 0.125 e. The molecule has 2 nitrogen and oxygen atoms in total. The highest BCUT2D eigenvalue weighted by molar-refractivity contribution is 9.10. The molecule has 2 rings (SSSR count). The zero-order valence-corrected chi connectivity index (χ0v) is 11.3. The van der Waals surface area contributed by atoms with Gasteiger partial charge in [0.1, 0.15) is 5.82 Å². The van der Waals surface area contributed by atoms with Gasteiger partial charge in [-0.25, -0.2) is 4.39 Å². The lowest BCUT2D eigenvalue weighted by molar-refractivity contribution is 0.627. The van der Waals surface area contributed by atoms with Gasteiger partial charge in [0.25, 0.3) is 0 Å². The Balaban J connectivity index is 2.31. The van der Waals surface area contributed by atoms with Crippen LogP contribution in [-0.4, -0.2) is 0 Å². The smallest absolute Gasteiger partial charge is 0.125 e. The summed E-state index contributed by atoms with van der Waals surface area (Å²) in [6, 6.07) is 12.0. The Morgan fingerprint density at radius 1 is 1.22 bits per heavy atom. The number of rotatable bonds is 2. The molecular formula is C14H10BrFN2. The minimum absolute atomic E-state index is 0.276. The van der Waals surface area contributed by atoms with E-state index >= 15 is 0 Å². The number of nitrogens with zero attached hydrogens (tertiary/aromatic N) is 1. The van der Waals surface area contributed by atoms with Crippen LogP contribution in [0.4, 0.5) is 15.8 Å². The van der Waals surface area contributed by atoms with Crippen molar-refractivity contribution < 1.29 is 4.39 Å². The molecule has 0 radical (unpaired) electrons. The van der Waals surface area contributed by atoms with Crippen LogP contribution in [0.5, 0.6) is 0 Å². The van der Waals surface area contributed by atoms with Crippen molar-refractivity contribution in [2.45, 2.75) is 6.92 Å². The molecule has 0 fully saturated rings. The lowest BCUT2D eigenvalue weighted by atomic mass is 10.2. The Labute approximate surface area is 113 Å². The summed E-state index contributed by atoms with van der Waals surface area (Å²) in [5, 5.41) is 11.9. The summed E-state index contributed by atoms with van der Waals surface area (Å²) in [4.78, 5) is 0. The molecule has 0 bridgehead atoms. The zero-order chi connectivity index (χ0) is 13.1. The number of halogens is 2. The zero-order valence-electron chi connectivity index (χ0n) is 9.67. The molecule has 4 heteroatoms. The van der Waals surface area contributed by atoms with Gasteiger partial charge in [0.15, 0.2) is 0 Å². The van der Waals surface area contributed by atoms with E-state index in [1.807, 2.05) is 13.0 Å². The van der Waals surface area contributed by atoms with Crippen molar-refractivity contribution in [1.29, 1.82) is 5.26 Å². The van der Waals surface area contributed by atoms with Crippen LogP contribution in [0.1, 0.15) is 11.1 Å². The number of hydrogen-bond donors (Lipinski definition) is 1. The third kappa shape index (κ3) is 2.88. The largest absolute Gasteiger partial charge is 0.355 e. The van der Waals surface area contributed by atoms with Gasteiger partial charge in [-0.15, -0.1) is 0 Å². The summed E-state index contributed by atoms with van der Waals surface area (Å²) in [7, 11) is 0. The van der Waals surface area contributed by atoms with E-state index in [1.54, 1.807) is 18.2 Å². The molecule has 2 aromatic carbocycles. The van der Waals surface area contributed by atoms with Gasteiger partial charge in [-0.1, -0.05) is 0 Å². The van der Waals surface area contributed by atoms with Gasteiger partial charge in [-0.2, -0.15) is 5.26 Å². The first kappa shape index (κ1) is 12.6. The minimum Gasteiger partial charge on any atom is -0.355 e. The molecule has 0 spiro atoms. The second-order valence-corrected chi connectivity index (χ2v) is 4.80. The fourth-order valence-corrected chi connectivity index (χ4v) is 2.13. The third-order valence-electron chi connectivity index (χ3n) is 2.42. The molecule has 0 amide bonds. The minimum atomic E-state index is -0.276. The van der Waals surface area contributed by atoms with Crippen molar-refractivity contribution in [2.24, 2.45) is 0 Å². The molecule has 0 aliphatic heterocycles. The average Bonchev–Trinajstić information content (AvgIpc) is 2.30. The molecule has 0 aliphatic rings. The fraction of sp³-hybridized carbons (Fsp3) is 0.0714. The van der Waals surface area contributed by atoms with Crippen molar-refractivity contribution in [1.82, 2.24) is 0 Å². The van der Waals surface area contributed by atoms with Crippen LogP contribution in [0.2, 0.25) is 0 Å². The van der Waals surface area contributed by atoms with Crippen LogP contribution in [0.25, 0.3) is 0 Å². The van der Waals surface area contributed by atoms with Crippen LogP contribution in [0.3, 0.4) is 0 Å². The lowest BCUT2D eigenvalue weighted by Crippen LogP contribution is -1.93. The quantitative estimate of drug-likeness (QED) is 0.886. The summed E-state index contributed by atoms with van der Waals surface area (Å²) >= 11 is 3.38. The molecule has 0 heterocycles. The highest BCUT2D eigenvalue weighted by Crippen LogP contribution is 2.27. The summed E-state index contributed by atoms with van der Waals surface area (Å²) in [5.74, 6) is -0.276. The van der Waals surface area contributed by atoms with Gasteiger partial charge in [-0.05, 0) is 64.8 Å². The molecule has 0 aromatic heterocycles. The van der Waals surface area contributed by atoms with E-state index in [0.29, 0.717) is 11.3 Å². The number of benzene rings is 2. The number of aryl methyl sites for hydroxylation is 1. The van der Waals surface area contributed by atoms with E-state index in [-0.39, 0.29) is 5.82 Å². The third-order valence-corrected chi connectivity index (χ3v) is 3.08. The van der Waals surface area contributed by atoms with Crippen molar-refractivity contribution in [3.8, 4) is 6.07 Å². The van der Waals surface area contributed by atoms with E-state index in [2.05, 4.69) is 27.3 Å². The number of hydrogen-bond acceptors (Lipinski definition) is 2. The van der Waals surface area contributed by atoms with Gasteiger partial charge in [0.2, 0.25) is 0 Å². The predicted octanol–water partition coefficient (Wildman–Crippen LogP) is 4.51. The topological polar surface area (TPSA) is 35.8 Å². The summed E-state index contributed by atoms with van der Waals surface area (Å²) < 4.78 is 14.0. The molecule has 0 unspecified atom stereocenters. The van der Waals surface area contributed by atoms with Crippen LogP contribution in [-0.2, 0) is 0 Å². The van der Waals surface area contributed by atoms with E-state index in [1.165, 1.54) is 12.1 Å². The maximum atomic E-state index is 13.3. The summed E-state index contributed by atoms with van der Waals surface area (Å²) in [6.45, 7) is 1.84.